The van der Waals surface area contributed by atoms with Crippen LogP contribution in [0.3, 0.4) is 0 Å². The van der Waals surface area contributed by atoms with Crippen LogP contribution in [0.25, 0.3) is 0 Å². The van der Waals surface area contributed by atoms with E-state index in [2.05, 4.69) is 0 Å². The highest BCUT2D eigenvalue weighted by Crippen LogP contribution is 2.15. The number of ketones is 1. The molecule has 19 heavy (non-hydrogen) atoms. The maximum absolute atomic E-state index is 12.0. The summed E-state index contributed by atoms with van der Waals surface area (Å²) in [6.07, 6.45) is 0.380. The van der Waals surface area contributed by atoms with Gasteiger partial charge in [0.1, 0.15) is 6.04 Å². The van der Waals surface area contributed by atoms with Gasteiger partial charge in [0.2, 0.25) is 0 Å². The van der Waals surface area contributed by atoms with Crippen LogP contribution in [0.15, 0.2) is 0 Å². The van der Waals surface area contributed by atoms with Crippen molar-refractivity contribution in [1.29, 1.82) is 0 Å². The second kappa shape index (κ2) is 8.57. The number of Topliss-reactive ketones (excluding diaryl/α,β-unsaturated/α-hetero) is 1. The molecule has 0 amide bonds. The Labute approximate surface area is 110 Å². The van der Waals surface area contributed by atoms with Gasteiger partial charge >= 0.3 is 11.9 Å². The van der Waals surface area contributed by atoms with E-state index in [1.54, 1.807) is 0 Å². The predicted octanol–water partition coefficient (Wildman–Crippen LogP) is -1.49. The van der Waals surface area contributed by atoms with Gasteiger partial charge in [0.15, 0.2) is 5.78 Å². The lowest BCUT2D eigenvalue weighted by atomic mass is 9.86. The van der Waals surface area contributed by atoms with Crippen LogP contribution in [-0.2, 0) is 14.4 Å². The number of nitrogens with two attached hydrogens (primary N) is 3. The van der Waals surface area contributed by atoms with Gasteiger partial charge in [0.05, 0.1) is 6.04 Å². The lowest BCUT2D eigenvalue weighted by Crippen LogP contribution is -2.47. The minimum Gasteiger partial charge on any atom is -0.481 e. The molecule has 0 spiro atoms. The molecule has 0 aliphatic heterocycles. The van der Waals surface area contributed by atoms with Crippen LogP contribution in [0.2, 0.25) is 0 Å². The van der Waals surface area contributed by atoms with E-state index in [1.165, 1.54) is 0 Å². The van der Waals surface area contributed by atoms with Gasteiger partial charge in [0.25, 0.3) is 0 Å². The first kappa shape index (κ1) is 17.5. The van der Waals surface area contributed by atoms with Gasteiger partial charge in [-0.15, -0.1) is 0 Å². The number of carbonyl (C=O) groups excluding carboxylic acids is 1. The predicted molar refractivity (Wildman–Crippen MR) is 67.2 cm³/mol. The molecule has 0 saturated carbocycles. The van der Waals surface area contributed by atoms with Crippen molar-refractivity contribution in [1.82, 2.24) is 0 Å². The van der Waals surface area contributed by atoms with Crippen LogP contribution >= 0.6 is 0 Å². The molecular formula is C11H21N3O5. The summed E-state index contributed by atoms with van der Waals surface area (Å²) in [4.78, 5) is 33.3. The van der Waals surface area contributed by atoms with Gasteiger partial charge in [-0.3, -0.25) is 14.4 Å². The van der Waals surface area contributed by atoms with Gasteiger partial charge in [0, 0.05) is 12.3 Å². The highest BCUT2D eigenvalue weighted by atomic mass is 16.4. The van der Waals surface area contributed by atoms with Crippen LogP contribution < -0.4 is 17.2 Å². The highest BCUT2D eigenvalue weighted by molar-refractivity contribution is 5.91. The van der Waals surface area contributed by atoms with Crippen LogP contribution in [-0.4, -0.2) is 46.6 Å². The molecule has 0 bridgehead atoms. The number of aliphatic carboxylic acids is 2. The van der Waals surface area contributed by atoms with Gasteiger partial charge in [-0.1, -0.05) is 0 Å². The molecular weight excluding hydrogens is 254 g/mol. The zero-order valence-corrected chi connectivity index (χ0v) is 10.6. The monoisotopic (exact) mass is 275 g/mol. The molecule has 0 aromatic heterocycles. The first-order valence-electron chi connectivity index (χ1n) is 6.00. The standard InChI is InChI=1S/C11H21N3O5/c12-5-1-2-6(9(14)11(18)19)10(17)7(13)3-4-8(15)16/h6-7,9H,1-5,12-14H2,(H,15,16)(H,18,19). The highest BCUT2D eigenvalue weighted by Gasteiger charge is 2.33. The van der Waals surface area contributed by atoms with E-state index in [4.69, 9.17) is 27.4 Å². The Morgan fingerprint density at radius 3 is 2.05 bits per heavy atom. The molecule has 110 valence electrons. The summed E-state index contributed by atoms with van der Waals surface area (Å²) in [6, 6.07) is -2.38. The molecule has 0 rings (SSSR count). The van der Waals surface area contributed by atoms with E-state index in [0.29, 0.717) is 13.0 Å². The van der Waals surface area contributed by atoms with Crippen molar-refractivity contribution < 1.29 is 24.6 Å². The fourth-order valence-electron chi connectivity index (χ4n) is 1.70. The van der Waals surface area contributed by atoms with E-state index < -0.39 is 35.7 Å². The SMILES string of the molecule is NCCCC(C(=O)C(N)CCC(=O)O)C(N)C(=O)O. The van der Waals surface area contributed by atoms with Crippen molar-refractivity contribution in [2.75, 3.05) is 6.54 Å². The zero-order valence-electron chi connectivity index (χ0n) is 10.6. The van der Waals surface area contributed by atoms with E-state index in [9.17, 15) is 14.4 Å². The molecule has 0 heterocycles. The normalized spacial score (nSPS) is 15.5. The number of carboxylic acid groups (broad SMARTS) is 2. The molecule has 0 saturated heterocycles. The molecule has 8 heteroatoms. The van der Waals surface area contributed by atoms with Crippen LogP contribution in [0.4, 0.5) is 0 Å². The zero-order chi connectivity index (χ0) is 15.0. The molecule has 8 nitrogen and oxygen atoms in total. The third-order valence-corrected chi connectivity index (χ3v) is 2.84. The third-order valence-electron chi connectivity index (χ3n) is 2.84. The van der Waals surface area contributed by atoms with Crippen LogP contribution in [0.5, 0.6) is 0 Å². The summed E-state index contributed by atoms with van der Waals surface area (Å²) in [5.41, 5.74) is 16.4. The van der Waals surface area contributed by atoms with Crippen molar-refractivity contribution in [2.45, 2.75) is 37.8 Å². The smallest absolute Gasteiger partial charge is 0.321 e. The second-order valence-electron chi connectivity index (χ2n) is 4.34. The Kier molecular flexibility index (Phi) is 7.89. The van der Waals surface area contributed by atoms with Crippen molar-refractivity contribution >= 4 is 17.7 Å². The molecule has 3 atom stereocenters. The lowest BCUT2D eigenvalue weighted by molar-refractivity contribution is -0.143. The van der Waals surface area contributed by atoms with E-state index in [0.717, 1.165) is 0 Å². The molecule has 0 aliphatic rings. The quantitative estimate of drug-likeness (QED) is 0.321. The molecule has 0 aromatic carbocycles. The molecule has 3 unspecified atom stereocenters. The van der Waals surface area contributed by atoms with E-state index in [1.807, 2.05) is 0 Å². The molecule has 0 aromatic rings. The summed E-state index contributed by atoms with van der Waals surface area (Å²) in [7, 11) is 0. The number of hydrogen-bond acceptors (Lipinski definition) is 6. The molecule has 8 N–H and O–H groups in total. The number of hydrogen-bond donors (Lipinski definition) is 5. The van der Waals surface area contributed by atoms with Gasteiger partial charge in [-0.2, -0.15) is 0 Å². The summed E-state index contributed by atoms with van der Waals surface area (Å²) >= 11 is 0. The maximum Gasteiger partial charge on any atom is 0.321 e. The Morgan fingerprint density at radius 1 is 1.05 bits per heavy atom. The van der Waals surface area contributed by atoms with Gasteiger partial charge in [-0.05, 0) is 25.8 Å². The summed E-state index contributed by atoms with van der Waals surface area (Å²) in [5, 5.41) is 17.4. The lowest BCUT2D eigenvalue weighted by Gasteiger charge is -2.22. The third kappa shape index (κ3) is 6.27. The minimum atomic E-state index is -1.35. The van der Waals surface area contributed by atoms with E-state index in [-0.39, 0.29) is 19.3 Å². The Balaban J connectivity index is 4.68. The van der Waals surface area contributed by atoms with Crippen LogP contribution in [0, 0.1) is 5.92 Å². The summed E-state index contributed by atoms with van der Waals surface area (Å²) < 4.78 is 0. The average Bonchev–Trinajstić information content (AvgIpc) is 2.35. The van der Waals surface area contributed by atoms with Gasteiger partial charge in [-0.25, -0.2) is 0 Å². The number of rotatable bonds is 10. The topological polar surface area (TPSA) is 170 Å². The second-order valence-corrected chi connectivity index (χ2v) is 4.34. The average molecular weight is 275 g/mol. The summed E-state index contributed by atoms with van der Waals surface area (Å²) in [6.45, 7) is 0.306. The fourth-order valence-corrected chi connectivity index (χ4v) is 1.70. The minimum absolute atomic E-state index is 0.0420. The van der Waals surface area contributed by atoms with Crippen molar-refractivity contribution in [3.63, 3.8) is 0 Å². The molecule has 0 fully saturated rings. The number of carbonyl (C=O) groups is 3. The molecule has 0 aliphatic carbocycles. The maximum atomic E-state index is 12.0. The summed E-state index contributed by atoms with van der Waals surface area (Å²) in [5.74, 6) is -3.82. The first-order chi connectivity index (χ1) is 8.81. The van der Waals surface area contributed by atoms with E-state index >= 15 is 0 Å². The Hall–Kier alpha value is -1.51. The Bertz CT molecular complexity index is 334. The Morgan fingerprint density at radius 2 is 1.63 bits per heavy atom. The molecule has 0 radical (unpaired) electrons. The van der Waals surface area contributed by atoms with Crippen molar-refractivity contribution in [3.05, 3.63) is 0 Å². The first-order valence-corrected chi connectivity index (χ1v) is 6.00. The van der Waals surface area contributed by atoms with Crippen LogP contribution in [0.1, 0.15) is 25.7 Å². The van der Waals surface area contributed by atoms with Crippen molar-refractivity contribution in [2.24, 2.45) is 23.1 Å². The van der Waals surface area contributed by atoms with Gasteiger partial charge < -0.3 is 27.4 Å². The van der Waals surface area contributed by atoms with Crippen molar-refractivity contribution in [3.8, 4) is 0 Å². The number of carboxylic acids is 2. The largest absolute Gasteiger partial charge is 0.481 e. The fraction of sp³-hybridized carbons (Fsp3) is 0.727.